The highest BCUT2D eigenvalue weighted by Crippen LogP contribution is 2.39. The Balaban J connectivity index is 1.72. The molecule has 4 rings (SSSR count). The number of pyridine rings is 1. The van der Waals surface area contributed by atoms with Crippen LogP contribution in [0.5, 0.6) is 11.5 Å². The van der Waals surface area contributed by atoms with Crippen LogP contribution >= 0.6 is 24.0 Å². The number of nitrogens with one attached hydrogen (secondary N) is 1. The molecule has 8 nitrogen and oxygen atoms in total. The first kappa shape index (κ1) is 30.9. The summed E-state index contributed by atoms with van der Waals surface area (Å²) in [4.78, 5) is 29.1. The standard InChI is InChI=1S/C32H34N4O4S2/c1-6-16-35-29(34-15-14-22-12-13-26(39-4)27(17-22)40-5)24(20(2)25(19-33)30(35)37)18-28-31(38)36(32(41)42-28)21(3)23-10-8-7-9-11-23/h7-13,17-18,21,34H,6,14-16H2,1-5H3/b28-18+. The molecule has 1 unspecified atom stereocenters. The predicted octanol–water partition coefficient (Wildman–Crippen LogP) is 6.07. The lowest BCUT2D eigenvalue weighted by Crippen LogP contribution is -2.31. The lowest BCUT2D eigenvalue weighted by atomic mass is 10.0. The summed E-state index contributed by atoms with van der Waals surface area (Å²) in [5.41, 5.74) is 2.85. The van der Waals surface area contributed by atoms with Gasteiger partial charge in [-0.15, -0.1) is 0 Å². The second-order valence-electron chi connectivity index (χ2n) is 9.84. The second kappa shape index (κ2) is 13.7. The molecular formula is C32H34N4O4S2. The summed E-state index contributed by atoms with van der Waals surface area (Å²) < 4.78 is 12.8. The molecule has 0 spiro atoms. The van der Waals surface area contributed by atoms with Crippen molar-refractivity contribution in [1.82, 2.24) is 9.47 Å². The number of hydrogen-bond donors (Lipinski definition) is 1. The number of amides is 1. The number of aromatic nitrogens is 1. The number of rotatable bonds is 11. The zero-order chi connectivity index (χ0) is 30.4. The molecular weight excluding hydrogens is 569 g/mol. The smallest absolute Gasteiger partial charge is 0.270 e. The van der Waals surface area contributed by atoms with Gasteiger partial charge in [-0.1, -0.05) is 67.3 Å². The van der Waals surface area contributed by atoms with Crippen molar-refractivity contribution in [3.8, 4) is 17.6 Å². The van der Waals surface area contributed by atoms with E-state index in [1.54, 1.807) is 36.7 Å². The van der Waals surface area contributed by atoms with Crippen LogP contribution in [-0.2, 0) is 17.8 Å². The minimum absolute atomic E-state index is 0.0632. The van der Waals surface area contributed by atoms with Gasteiger partial charge in [-0.3, -0.25) is 19.1 Å². The molecule has 1 aliphatic rings. The molecule has 1 saturated heterocycles. The van der Waals surface area contributed by atoms with Crippen molar-refractivity contribution in [3.63, 3.8) is 0 Å². The minimum atomic E-state index is -0.354. The molecule has 42 heavy (non-hydrogen) atoms. The molecule has 1 N–H and O–H groups in total. The van der Waals surface area contributed by atoms with Crippen LogP contribution in [0.3, 0.4) is 0 Å². The second-order valence-corrected chi connectivity index (χ2v) is 11.5. The highest BCUT2D eigenvalue weighted by molar-refractivity contribution is 8.26. The van der Waals surface area contributed by atoms with E-state index in [0.717, 1.165) is 11.1 Å². The molecule has 2 heterocycles. The monoisotopic (exact) mass is 602 g/mol. The molecule has 1 amide bonds. The molecule has 1 fully saturated rings. The normalized spacial score (nSPS) is 14.7. The summed E-state index contributed by atoms with van der Waals surface area (Å²) in [6, 6.07) is 17.3. The van der Waals surface area contributed by atoms with E-state index in [2.05, 4.69) is 11.4 Å². The highest BCUT2D eigenvalue weighted by atomic mass is 32.2. The fourth-order valence-electron chi connectivity index (χ4n) is 4.98. The van der Waals surface area contributed by atoms with Gasteiger partial charge in [0.1, 0.15) is 21.8 Å². The van der Waals surface area contributed by atoms with E-state index in [9.17, 15) is 14.9 Å². The number of hydrogen-bond acceptors (Lipinski definition) is 8. The zero-order valence-corrected chi connectivity index (χ0v) is 26.0. The van der Waals surface area contributed by atoms with Crippen LogP contribution in [0.25, 0.3) is 6.08 Å². The number of nitrogens with zero attached hydrogens (tertiary/aromatic N) is 3. The van der Waals surface area contributed by atoms with Gasteiger partial charge in [-0.2, -0.15) is 5.26 Å². The van der Waals surface area contributed by atoms with Crippen LogP contribution in [0, 0.1) is 18.3 Å². The SMILES string of the molecule is CCCn1c(NCCc2ccc(OC)c(OC)c2)c(/C=C2/SC(=S)N(C(C)c3ccccc3)C2=O)c(C)c(C#N)c1=O. The van der Waals surface area contributed by atoms with Crippen LogP contribution in [0.15, 0.2) is 58.2 Å². The first-order valence-electron chi connectivity index (χ1n) is 13.7. The Kier molecular flexibility index (Phi) is 10.1. The van der Waals surface area contributed by atoms with Gasteiger partial charge in [0, 0.05) is 18.7 Å². The summed E-state index contributed by atoms with van der Waals surface area (Å²) in [5.74, 6) is 1.65. The number of thiocarbonyl (C=S) groups is 1. The Morgan fingerprint density at radius 1 is 1.12 bits per heavy atom. The van der Waals surface area contributed by atoms with E-state index in [1.807, 2.05) is 62.4 Å². The number of methoxy groups -OCH3 is 2. The molecule has 0 aliphatic carbocycles. The van der Waals surface area contributed by atoms with Crippen molar-refractivity contribution in [3.05, 3.63) is 91.6 Å². The number of benzene rings is 2. The Hall–Kier alpha value is -4.07. The number of thioether (sulfide) groups is 1. The Morgan fingerprint density at radius 2 is 1.83 bits per heavy atom. The van der Waals surface area contributed by atoms with Gasteiger partial charge in [0.2, 0.25) is 0 Å². The average Bonchev–Trinajstić information content (AvgIpc) is 3.28. The molecule has 10 heteroatoms. The van der Waals surface area contributed by atoms with Crippen LogP contribution in [0.1, 0.15) is 54.1 Å². The van der Waals surface area contributed by atoms with Crippen molar-refractivity contribution in [2.24, 2.45) is 0 Å². The molecule has 0 bridgehead atoms. The molecule has 218 valence electrons. The van der Waals surface area contributed by atoms with E-state index >= 15 is 0 Å². The molecule has 2 aromatic carbocycles. The van der Waals surface area contributed by atoms with E-state index in [-0.39, 0.29) is 23.1 Å². The maximum Gasteiger partial charge on any atom is 0.270 e. The van der Waals surface area contributed by atoms with E-state index in [1.165, 1.54) is 11.8 Å². The number of nitriles is 1. The minimum Gasteiger partial charge on any atom is -0.493 e. The third-order valence-electron chi connectivity index (χ3n) is 7.24. The molecule has 1 aromatic heterocycles. The van der Waals surface area contributed by atoms with Crippen molar-refractivity contribution in [1.29, 1.82) is 5.26 Å². The fraction of sp³-hybridized carbons (Fsp3) is 0.312. The fourth-order valence-corrected chi connectivity index (χ4v) is 6.38. The predicted molar refractivity (Wildman–Crippen MR) is 172 cm³/mol. The van der Waals surface area contributed by atoms with Crippen LogP contribution in [0.4, 0.5) is 5.82 Å². The van der Waals surface area contributed by atoms with Crippen molar-refractivity contribution in [2.45, 2.75) is 46.2 Å². The van der Waals surface area contributed by atoms with Crippen molar-refractivity contribution in [2.75, 3.05) is 26.1 Å². The summed E-state index contributed by atoms with van der Waals surface area (Å²) in [5, 5.41) is 13.3. The quantitative estimate of drug-likeness (QED) is 0.209. The van der Waals surface area contributed by atoms with Crippen LogP contribution in [-0.4, -0.2) is 40.5 Å². The maximum atomic E-state index is 13.7. The Labute approximate surface area is 255 Å². The third kappa shape index (κ3) is 6.22. The van der Waals surface area contributed by atoms with Gasteiger partial charge in [0.05, 0.1) is 25.2 Å². The lowest BCUT2D eigenvalue weighted by molar-refractivity contribution is -0.123. The maximum absolute atomic E-state index is 13.7. The first-order valence-corrected chi connectivity index (χ1v) is 14.9. The number of ether oxygens (including phenoxy) is 2. The number of carbonyl (C=O) groups excluding carboxylic acids is 1. The lowest BCUT2D eigenvalue weighted by Gasteiger charge is -2.23. The first-order chi connectivity index (χ1) is 20.2. The van der Waals surface area contributed by atoms with Gasteiger partial charge in [-0.05, 0) is 61.6 Å². The van der Waals surface area contributed by atoms with Gasteiger partial charge < -0.3 is 14.8 Å². The van der Waals surface area contributed by atoms with Gasteiger partial charge in [0.15, 0.2) is 11.5 Å². The van der Waals surface area contributed by atoms with Crippen LogP contribution < -0.4 is 20.3 Å². The summed E-state index contributed by atoms with van der Waals surface area (Å²) in [7, 11) is 3.19. The topological polar surface area (TPSA) is 96.6 Å². The molecule has 0 radical (unpaired) electrons. The van der Waals surface area contributed by atoms with Gasteiger partial charge >= 0.3 is 0 Å². The van der Waals surface area contributed by atoms with Gasteiger partial charge in [-0.25, -0.2) is 0 Å². The molecule has 3 aromatic rings. The van der Waals surface area contributed by atoms with E-state index in [0.29, 0.717) is 63.6 Å². The number of carbonyl (C=O) groups is 1. The molecule has 1 aliphatic heterocycles. The Morgan fingerprint density at radius 3 is 2.48 bits per heavy atom. The largest absolute Gasteiger partial charge is 0.493 e. The Bertz CT molecular complexity index is 1630. The summed E-state index contributed by atoms with van der Waals surface area (Å²) in [6.45, 7) is 6.58. The van der Waals surface area contributed by atoms with Crippen molar-refractivity contribution >= 4 is 46.1 Å². The molecule has 1 atom stereocenters. The molecule has 0 saturated carbocycles. The van der Waals surface area contributed by atoms with Gasteiger partial charge in [0.25, 0.3) is 11.5 Å². The van der Waals surface area contributed by atoms with E-state index in [4.69, 9.17) is 21.7 Å². The number of anilines is 1. The van der Waals surface area contributed by atoms with Crippen molar-refractivity contribution < 1.29 is 14.3 Å². The van der Waals surface area contributed by atoms with Crippen LogP contribution in [0.2, 0.25) is 0 Å². The highest BCUT2D eigenvalue weighted by Gasteiger charge is 2.36. The average molecular weight is 603 g/mol. The third-order valence-corrected chi connectivity index (χ3v) is 8.57. The van der Waals surface area contributed by atoms with E-state index < -0.39 is 0 Å². The summed E-state index contributed by atoms with van der Waals surface area (Å²) >= 11 is 6.86. The zero-order valence-electron chi connectivity index (χ0n) is 24.4. The summed E-state index contributed by atoms with van der Waals surface area (Å²) in [6.07, 6.45) is 3.09.